The van der Waals surface area contributed by atoms with Crippen LogP contribution in [0.3, 0.4) is 0 Å². The Hall–Kier alpha value is -1.34. The second-order valence-corrected chi connectivity index (χ2v) is 6.15. The third-order valence-corrected chi connectivity index (χ3v) is 4.35. The molecule has 20 heavy (non-hydrogen) atoms. The number of rotatable bonds is 5. The maximum atomic E-state index is 12.2. The summed E-state index contributed by atoms with van der Waals surface area (Å²) in [6, 6.07) is 0. The van der Waals surface area contributed by atoms with Crippen molar-refractivity contribution in [3.05, 3.63) is 23.3 Å². The molecule has 0 spiro atoms. The number of hydrogen-bond acceptors (Lipinski definition) is 5. The summed E-state index contributed by atoms with van der Waals surface area (Å²) < 4.78 is 5.89. The van der Waals surface area contributed by atoms with E-state index in [1.807, 2.05) is 6.08 Å². The van der Waals surface area contributed by atoms with Crippen LogP contribution in [0.4, 0.5) is 0 Å². The van der Waals surface area contributed by atoms with Crippen molar-refractivity contribution in [1.29, 1.82) is 0 Å². The molecule has 0 aromatic carbocycles. The molecule has 2 aliphatic rings. The number of aliphatic carboxylic acids is 1. The molecule has 1 saturated heterocycles. The quantitative estimate of drug-likeness (QED) is 0.620. The monoisotopic (exact) mass is 313 g/mol. The molecule has 0 saturated carbocycles. The van der Waals surface area contributed by atoms with Crippen LogP contribution in [-0.4, -0.2) is 38.9 Å². The van der Waals surface area contributed by atoms with Crippen LogP contribution >= 0.6 is 24.0 Å². The van der Waals surface area contributed by atoms with Crippen LogP contribution in [0, 0.1) is 0 Å². The van der Waals surface area contributed by atoms with Crippen LogP contribution < -0.4 is 0 Å². The minimum absolute atomic E-state index is 0.0344. The fraction of sp³-hybridized carbons (Fsp3) is 0.462. The highest BCUT2D eigenvalue weighted by molar-refractivity contribution is 8.26. The summed E-state index contributed by atoms with van der Waals surface area (Å²) >= 11 is 6.42. The first kappa shape index (κ1) is 15.1. The molecule has 1 fully saturated rings. The van der Waals surface area contributed by atoms with Gasteiger partial charge in [0.15, 0.2) is 0 Å². The van der Waals surface area contributed by atoms with E-state index in [-0.39, 0.29) is 18.4 Å². The number of hydrogen-bond donors (Lipinski definition) is 1. The Morgan fingerprint density at radius 2 is 2.45 bits per heavy atom. The van der Waals surface area contributed by atoms with E-state index in [9.17, 15) is 9.59 Å². The molecule has 2 rings (SSSR count). The van der Waals surface area contributed by atoms with E-state index in [0.29, 0.717) is 22.2 Å². The standard InChI is InChI=1S/C13H15NO4S2/c15-11(16)5-3-6-14-12(17)10(20-13(14)19)8-9-4-1-2-7-18-9/h2,7-9H,1,3-6H2,(H,15,16)/b10-8-. The van der Waals surface area contributed by atoms with Gasteiger partial charge < -0.3 is 9.84 Å². The maximum absolute atomic E-state index is 12.2. The molecule has 1 atom stereocenters. The lowest BCUT2D eigenvalue weighted by Gasteiger charge is -2.16. The number of carbonyl (C=O) groups excluding carboxylic acids is 1. The number of allylic oxidation sites excluding steroid dienone is 1. The minimum atomic E-state index is -0.867. The molecule has 2 aliphatic heterocycles. The first-order valence-electron chi connectivity index (χ1n) is 6.35. The first-order chi connectivity index (χ1) is 9.58. The summed E-state index contributed by atoms with van der Waals surface area (Å²) in [5, 5.41) is 8.61. The smallest absolute Gasteiger partial charge is 0.303 e. The Morgan fingerprint density at radius 1 is 1.65 bits per heavy atom. The molecule has 0 bridgehead atoms. The lowest BCUT2D eigenvalue weighted by atomic mass is 10.1. The molecule has 1 unspecified atom stereocenters. The highest BCUT2D eigenvalue weighted by Crippen LogP contribution is 2.32. The third kappa shape index (κ3) is 3.83. The molecular weight excluding hydrogens is 298 g/mol. The fourth-order valence-electron chi connectivity index (χ4n) is 1.94. The van der Waals surface area contributed by atoms with Crippen molar-refractivity contribution in [3.63, 3.8) is 0 Å². The Morgan fingerprint density at radius 3 is 3.10 bits per heavy atom. The van der Waals surface area contributed by atoms with Gasteiger partial charge in [-0.3, -0.25) is 14.5 Å². The number of carbonyl (C=O) groups is 2. The van der Waals surface area contributed by atoms with E-state index in [4.69, 9.17) is 22.1 Å². The number of thioether (sulfide) groups is 1. The summed E-state index contributed by atoms with van der Waals surface area (Å²) in [5.41, 5.74) is 0. The molecular formula is C13H15NO4S2. The van der Waals surface area contributed by atoms with Crippen LogP contribution in [-0.2, 0) is 14.3 Å². The van der Waals surface area contributed by atoms with E-state index in [1.54, 1.807) is 12.3 Å². The largest absolute Gasteiger partial charge is 0.494 e. The van der Waals surface area contributed by atoms with Gasteiger partial charge in [-0.25, -0.2) is 0 Å². The van der Waals surface area contributed by atoms with Crippen LogP contribution in [0.5, 0.6) is 0 Å². The SMILES string of the molecule is O=C(O)CCCN1C(=O)/C(=C/C2CCC=CO2)SC1=S. The topological polar surface area (TPSA) is 66.8 Å². The molecule has 2 heterocycles. The van der Waals surface area contributed by atoms with Crippen molar-refractivity contribution >= 4 is 40.2 Å². The average molecular weight is 313 g/mol. The summed E-state index contributed by atoms with van der Waals surface area (Å²) in [6.45, 7) is 0.347. The summed E-state index contributed by atoms with van der Waals surface area (Å²) in [4.78, 5) is 24.7. The van der Waals surface area contributed by atoms with E-state index in [2.05, 4.69) is 0 Å². The van der Waals surface area contributed by atoms with E-state index >= 15 is 0 Å². The lowest BCUT2D eigenvalue weighted by molar-refractivity contribution is -0.137. The average Bonchev–Trinajstić information content (AvgIpc) is 2.67. The number of carboxylic acids is 1. The second kappa shape index (κ2) is 6.90. The third-order valence-electron chi connectivity index (χ3n) is 2.95. The van der Waals surface area contributed by atoms with Crippen molar-refractivity contribution < 1.29 is 19.4 Å². The summed E-state index contributed by atoms with van der Waals surface area (Å²) in [7, 11) is 0. The van der Waals surface area contributed by atoms with Gasteiger partial charge in [0, 0.05) is 13.0 Å². The zero-order chi connectivity index (χ0) is 14.5. The van der Waals surface area contributed by atoms with Gasteiger partial charge in [0.25, 0.3) is 5.91 Å². The molecule has 7 heteroatoms. The summed E-state index contributed by atoms with van der Waals surface area (Å²) in [5.74, 6) is -1.02. The molecule has 0 aliphatic carbocycles. The van der Waals surface area contributed by atoms with E-state index < -0.39 is 5.97 Å². The van der Waals surface area contributed by atoms with Crippen LogP contribution in [0.1, 0.15) is 25.7 Å². The van der Waals surface area contributed by atoms with Gasteiger partial charge in [-0.1, -0.05) is 24.0 Å². The number of ether oxygens (including phenoxy) is 1. The highest BCUT2D eigenvalue weighted by Gasteiger charge is 2.32. The number of amides is 1. The number of thiocarbonyl (C=S) groups is 1. The van der Waals surface area contributed by atoms with Crippen LogP contribution in [0.2, 0.25) is 0 Å². The van der Waals surface area contributed by atoms with Gasteiger partial charge in [0.05, 0.1) is 11.2 Å². The van der Waals surface area contributed by atoms with Gasteiger partial charge in [-0.15, -0.1) is 0 Å². The van der Waals surface area contributed by atoms with Crippen molar-refractivity contribution in [2.75, 3.05) is 6.54 Å². The maximum Gasteiger partial charge on any atom is 0.303 e. The molecule has 0 aromatic rings. The Balaban J connectivity index is 1.95. The second-order valence-electron chi connectivity index (χ2n) is 4.48. The fourth-order valence-corrected chi connectivity index (χ4v) is 3.27. The molecule has 0 aromatic heterocycles. The minimum Gasteiger partial charge on any atom is -0.494 e. The summed E-state index contributed by atoms with van der Waals surface area (Å²) in [6.07, 6.45) is 7.53. The predicted octanol–water partition coefficient (Wildman–Crippen LogP) is 2.29. The number of nitrogens with zero attached hydrogens (tertiary/aromatic N) is 1. The Labute approximate surface area is 126 Å². The Kier molecular flexibility index (Phi) is 5.19. The van der Waals surface area contributed by atoms with Crippen molar-refractivity contribution in [1.82, 2.24) is 4.90 Å². The first-order valence-corrected chi connectivity index (χ1v) is 7.58. The van der Waals surface area contributed by atoms with E-state index in [0.717, 1.165) is 12.8 Å². The molecule has 5 nitrogen and oxygen atoms in total. The number of carboxylic acid groups (broad SMARTS) is 1. The van der Waals surface area contributed by atoms with Gasteiger partial charge in [0.1, 0.15) is 10.4 Å². The molecule has 1 N–H and O–H groups in total. The van der Waals surface area contributed by atoms with Crippen molar-refractivity contribution in [2.24, 2.45) is 0 Å². The highest BCUT2D eigenvalue weighted by atomic mass is 32.2. The predicted molar refractivity (Wildman–Crippen MR) is 80.1 cm³/mol. The normalized spacial score (nSPS) is 24.3. The van der Waals surface area contributed by atoms with E-state index in [1.165, 1.54) is 16.7 Å². The van der Waals surface area contributed by atoms with Crippen molar-refractivity contribution in [3.8, 4) is 0 Å². The Bertz CT molecular complexity index is 487. The van der Waals surface area contributed by atoms with Gasteiger partial charge in [-0.05, 0) is 31.4 Å². The lowest BCUT2D eigenvalue weighted by Crippen LogP contribution is -2.29. The van der Waals surface area contributed by atoms with Crippen molar-refractivity contribution in [2.45, 2.75) is 31.8 Å². The molecule has 0 radical (unpaired) electrons. The van der Waals surface area contributed by atoms with Crippen LogP contribution in [0.25, 0.3) is 0 Å². The van der Waals surface area contributed by atoms with Gasteiger partial charge >= 0.3 is 5.97 Å². The van der Waals surface area contributed by atoms with Gasteiger partial charge in [-0.2, -0.15) is 0 Å². The van der Waals surface area contributed by atoms with Crippen LogP contribution in [0.15, 0.2) is 23.3 Å². The zero-order valence-corrected chi connectivity index (χ0v) is 12.4. The molecule has 108 valence electrons. The van der Waals surface area contributed by atoms with Gasteiger partial charge in [0.2, 0.25) is 0 Å². The molecule has 1 amide bonds. The zero-order valence-electron chi connectivity index (χ0n) is 10.8.